The third kappa shape index (κ3) is 2.97. The van der Waals surface area contributed by atoms with Crippen molar-refractivity contribution in [3.8, 4) is 5.69 Å². The van der Waals surface area contributed by atoms with E-state index in [2.05, 4.69) is 9.97 Å². The third-order valence-electron chi connectivity index (χ3n) is 5.26. The van der Waals surface area contributed by atoms with Gasteiger partial charge in [0, 0.05) is 18.8 Å². The number of imidazole rings is 1. The standard InChI is InChI=1S/C22H20N4O2/c27-22(19-13-23-15-26(19)17-8-2-1-3-9-17)25-12-6-7-16(14-25)21-24-18-10-4-5-11-20(18)28-21/h1-5,8-11,13,15-16H,6-7,12,14H2/t16-/m0/s1. The van der Waals surface area contributed by atoms with E-state index in [-0.39, 0.29) is 11.8 Å². The van der Waals surface area contributed by atoms with Gasteiger partial charge in [-0.2, -0.15) is 0 Å². The first kappa shape index (κ1) is 16.7. The van der Waals surface area contributed by atoms with Gasteiger partial charge in [-0.15, -0.1) is 0 Å². The fourth-order valence-corrected chi connectivity index (χ4v) is 3.84. The van der Waals surface area contributed by atoms with Gasteiger partial charge >= 0.3 is 0 Å². The molecule has 0 N–H and O–H groups in total. The van der Waals surface area contributed by atoms with Crippen molar-refractivity contribution in [3.63, 3.8) is 0 Å². The van der Waals surface area contributed by atoms with Crippen molar-refractivity contribution in [2.24, 2.45) is 0 Å². The highest BCUT2D eigenvalue weighted by molar-refractivity contribution is 5.93. The van der Waals surface area contributed by atoms with E-state index in [1.165, 1.54) is 0 Å². The van der Waals surface area contributed by atoms with Crippen LogP contribution in [0.4, 0.5) is 0 Å². The molecule has 5 rings (SSSR count). The molecule has 0 radical (unpaired) electrons. The Morgan fingerprint density at radius 3 is 2.75 bits per heavy atom. The van der Waals surface area contributed by atoms with Crippen LogP contribution in [0.3, 0.4) is 0 Å². The molecule has 0 unspecified atom stereocenters. The molecule has 1 atom stereocenters. The summed E-state index contributed by atoms with van der Waals surface area (Å²) in [7, 11) is 0. The van der Waals surface area contributed by atoms with E-state index in [1.807, 2.05) is 64.1 Å². The molecule has 1 aliphatic heterocycles. The molecule has 6 heteroatoms. The van der Waals surface area contributed by atoms with Crippen molar-refractivity contribution >= 4 is 17.0 Å². The van der Waals surface area contributed by atoms with Crippen LogP contribution in [0.2, 0.25) is 0 Å². The first-order valence-electron chi connectivity index (χ1n) is 9.52. The number of piperidine rings is 1. The van der Waals surface area contributed by atoms with Crippen molar-refractivity contribution in [2.45, 2.75) is 18.8 Å². The topological polar surface area (TPSA) is 64.2 Å². The summed E-state index contributed by atoms with van der Waals surface area (Å²) in [6.07, 6.45) is 5.21. The number of amides is 1. The van der Waals surface area contributed by atoms with Gasteiger partial charge in [-0.1, -0.05) is 30.3 Å². The quantitative estimate of drug-likeness (QED) is 0.545. The number of nitrogens with zero attached hydrogens (tertiary/aromatic N) is 4. The number of carbonyl (C=O) groups excluding carboxylic acids is 1. The van der Waals surface area contributed by atoms with Gasteiger partial charge < -0.3 is 9.32 Å². The van der Waals surface area contributed by atoms with E-state index in [1.54, 1.807) is 12.5 Å². The summed E-state index contributed by atoms with van der Waals surface area (Å²) in [6, 6.07) is 17.6. The van der Waals surface area contributed by atoms with Crippen molar-refractivity contribution in [3.05, 3.63) is 78.7 Å². The molecule has 0 bridgehead atoms. The molecule has 140 valence electrons. The molecule has 2 aromatic heterocycles. The van der Waals surface area contributed by atoms with E-state index in [9.17, 15) is 4.79 Å². The van der Waals surface area contributed by atoms with Crippen LogP contribution >= 0.6 is 0 Å². The molecule has 3 heterocycles. The molecule has 6 nitrogen and oxygen atoms in total. The Hall–Kier alpha value is -3.41. The molecular formula is C22H20N4O2. The summed E-state index contributed by atoms with van der Waals surface area (Å²) in [5, 5.41) is 0. The Morgan fingerprint density at radius 2 is 1.89 bits per heavy atom. The van der Waals surface area contributed by atoms with E-state index in [4.69, 9.17) is 4.42 Å². The fraction of sp³-hybridized carbons (Fsp3) is 0.227. The molecule has 1 saturated heterocycles. The van der Waals surface area contributed by atoms with Gasteiger partial charge in [-0.3, -0.25) is 9.36 Å². The van der Waals surface area contributed by atoms with Gasteiger partial charge in [-0.05, 0) is 37.1 Å². The molecular weight excluding hydrogens is 352 g/mol. The van der Waals surface area contributed by atoms with Gasteiger partial charge in [0.2, 0.25) is 0 Å². The molecule has 0 aliphatic carbocycles. The predicted molar refractivity (Wildman–Crippen MR) is 105 cm³/mol. The van der Waals surface area contributed by atoms with Gasteiger partial charge in [-0.25, -0.2) is 9.97 Å². The lowest BCUT2D eigenvalue weighted by Crippen LogP contribution is -2.39. The number of rotatable bonds is 3. The number of fused-ring (bicyclic) bond motifs is 1. The highest BCUT2D eigenvalue weighted by Gasteiger charge is 2.30. The Morgan fingerprint density at radius 1 is 1.07 bits per heavy atom. The van der Waals surface area contributed by atoms with Crippen LogP contribution < -0.4 is 0 Å². The van der Waals surface area contributed by atoms with Crippen molar-refractivity contribution < 1.29 is 9.21 Å². The van der Waals surface area contributed by atoms with Crippen LogP contribution in [0.25, 0.3) is 16.8 Å². The maximum absolute atomic E-state index is 13.2. The second-order valence-electron chi connectivity index (χ2n) is 7.09. The maximum atomic E-state index is 13.2. The van der Waals surface area contributed by atoms with Crippen LogP contribution in [0.15, 0.2) is 71.5 Å². The van der Waals surface area contributed by atoms with Crippen molar-refractivity contribution in [1.82, 2.24) is 19.4 Å². The summed E-state index contributed by atoms with van der Waals surface area (Å²) in [6.45, 7) is 1.33. The largest absolute Gasteiger partial charge is 0.440 e. The zero-order valence-electron chi connectivity index (χ0n) is 15.4. The SMILES string of the molecule is O=C(c1cncn1-c1ccccc1)N1CCC[C@H](c2nc3ccccc3o2)C1. The molecule has 4 aromatic rings. The Kier molecular flexibility index (Phi) is 4.16. The van der Waals surface area contributed by atoms with E-state index in [0.29, 0.717) is 12.2 Å². The number of benzene rings is 2. The Bertz CT molecular complexity index is 1080. The van der Waals surface area contributed by atoms with Crippen molar-refractivity contribution in [2.75, 3.05) is 13.1 Å². The average molecular weight is 372 g/mol. The highest BCUT2D eigenvalue weighted by Crippen LogP contribution is 2.29. The van der Waals surface area contributed by atoms with E-state index >= 15 is 0 Å². The lowest BCUT2D eigenvalue weighted by atomic mass is 9.97. The zero-order valence-corrected chi connectivity index (χ0v) is 15.4. The average Bonchev–Trinajstić information content (AvgIpc) is 3.41. The summed E-state index contributed by atoms with van der Waals surface area (Å²) in [4.78, 5) is 23.9. The first-order chi connectivity index (χ1) is 13.8. The van der Waals surface area contributed by atoms with Crippen molar-refractivity contribution in [1.29, 1.82) is 0 Å². The molecule has 1 fully saturated rings. The van der Waals surface area contributed by atoms with E-state index < -0.39 is 0 Å². The van der Waals surface area contributed by atoms with Crippen LogP contribution in [0.5, 0.6) is 0 Å². The molecule has 28 heavy (non-hydrogen) atoms. The van der Waals surface area contributed by atoms with Crippen LogP contribution in [0, 0.1) is 0 Å². The summed E-state index contributed by atoms with van der Waals surface area (Å²) in [5.41, 5.74) is 3.16. The lowest BCUT2D eigenvalue weighted by Gasteiger charge is -2.31. The fourth-order valence-electron chi connectivity index (χ4n) is 3.84. The summed E-state index contributed by atoms with van der Waals surface area (Å²) < 4.78 is 7.79. The predicted octanol–water partition coefficient (Wildman–Crippen LogP) is 4.03. The lowest BCUT2D eigenvalue weighted by molar-refractivity contribution is 0.0691. The number of hydrogen-bond donors (Lipinski definition) is 0. The number of likely N-dealkylation sites (tertiary alicyclic amines) is 1. The maximum Gasteiger partial charge on any atom is 0.272 e. The van der Waals surface area contributed by atoms with Gasteiger partial charge in [0.05, 0.1) is 18.4 Å². The highest BCUT2D eigenvalue weighted by atomic mass is 16.3. The number of oxazole rings is 1. The van der Waals surface area contributed by atoms with Gasteiger partial charge in [0.25, 0.3) is 5.91 Å². The first-order valence-corrected chi connectivity index (χ1v) is 9.52. The van der Waals surface area contributed by atoms with Crippen LogP contribution in [-0.2, 0) is 0 Å². The molecule has 2 aromatic carbocycles. The molecule has 0 spiro atoms. The van der Waals surface area contributed by atoms with Gasteiger partial charge in [0.15, 0.2) is 11.5 Å². The summed E-state index contributed by atoms with van der Waals surface area (Å²) >= 11 is 0. The minimum absolute atomic E-state index is 0.0119. The second-order valence-corrected chi connectivity index (χ2v) is 7.09. The zero-order chi connectivity index (χ0) is 18.9. The minimum atomic E-state index is -0.0119. The van der Waals surface area contributed by atoms with Gasteiger partial charge in [0.1, 0.15) is 11.2 Å². The number of hydrogen-bond acceptors (Lipinski definition) is 4. The second kappa shape index (κ2) is 6.96. The Labute approximate surface area is 162 Å². The van der Waals surface area contributed by atoms with E-state index in [0.717, 1.165) is 42.1 Å². The monoisotopic (exact) mass is 372 g/mol. The van der Waals surface area contributed by atoms with Crippen LogP contribution in [-0.4, -0.2) is 38.4 Å². The molecule has 1 amide bonds. The summed E-state index contributed by atoms with van der Waals surface area (Å²) in [5.74, 6) is 0.815. The smallest absolute Gasteiger partial charge is 0.272 e. The normalized spacial score (nSPS) is 17.1. The number of para-hydroxylation sites is 3. The minimum Gasteiger partial charge on any atom is -0.440 e. The third-order valence-corrected chi connectivity index (χ3v) is 5.26. The van der Waals surface area contributed by atoms with Crippen LogP contribution in [0.1, 0.15) is 35.1 Å². The number of carbonyl (C=O) groups is 1. The Balaban J connectivity index is 1.40. The molecule has 1 aliphatic rings. The number of aromatic nitrogens is 3. The molecule has 0 saturated carbocycles.